The van der Waals surface area contributed by atoms with Crippen LogP contribution in [0, 0.1) is 20.8 Å². The smallest absolute Gasteiger partial charge is 0.409 e. The third-order valence-electron chi connectivity index (χ3n) is 6.61. The summed E-state index contributed by atoms with van der Waals surface area (Å²) < 4.78 is 14.0. The first-order valence-electron chi connectivity index (χ1n) is 13.0. The molecule has 3 heterocycles. The van der Waals surface area contributed by atoms with Gasteiger partial charge in [-0.1, -0.05) is 12.1 Å². The predicted octanol–water partition coefficient (Wildman–Crippen LogP) is 3.16. The fourth-order valence-corrected chi connectivity index (χ4v) is 4.24. The summed E-state index contributed by atoms with van der Waals surface area (Å²) in [5.74, 6) is 0.266. The number of nitrogens with zero attached hydrogens (tertiary/aromatic N) is 6. The molecule has 12 nitrogen and oxygen atoms in total. The maximum Gasteiger partial charge on any atom is 0.409 e. The zero-order valence-corrected chi connectivity index (χ0v) is 23.0. The van der Waals surface area contributed by atoms with Crippen molar-refractivity contribution in [2.75, 3.05) is 38.1 Å². The summed E-state index contributed by atoms with van der Waals surface area (Å²) in [6.45, 7) is 11.4. The van der Waals surface area contributed by atoms with Gasteiger partial charge in [0, 0.05) is 38.6 Å². The Kier molecular flexibility index (Phi) is 8.52. The standard InChI is InChI=1S/C27H35N7O5/c1-6-38-27(37)32-13-11-31(12-14-32)26(36)21(5)34-16-23(20(4)29-34)28-25(35)22-9-10-33(30-22)17-39-24-15-18(2)7-8-19(24)3/h7-10,15-16,21H,6,11-14,17H2,1-5H3,(H,28,35). The maximum absolute atomic E-state index is 13.1. The highest BCUT2D eigenvalue weighted by molar-refractivity contribution is 6.03. The van der Waals surface area contributed by atoms with Crippen molar-refractivity contribution in [3.63, 3.8) is 0 Å². The molecule has 0 bridgehead atoms. The van der Waals surface area contributed by atoms with Crippen molar-refractivity contribution in [3.8, 4) is 5.75 Å². The van der Waals surface area contributed by atoms with Crippen molar-refractivity contribution in [1.82, 2.24) is 29.4 Å². The SMILES string of the molecule is CCOC(=O)N1CCN(C(=O)C(C)n2cc(NC(=O)c3ccn(COc4cc(C)ccc4C)n3)c(C)n2)CC1. The van der Waals surface area contributed by atoms with Crippen LogP contribution in [0.4, 0.5) is 10.5 Å². The second-order valence-corrected chi connectivity index (χ2v) is 9.53. The third kappa shape index (κ3) is 6.57. The van der Waals surface area contributed by atoms with Crippen molar-refractivity contribution in [2.45, 2.75) is 47.4 Å². The molecule has 1 aliphatic rings. The lowest BCUT2D eigenvalue weighted by Crippen LogP contribution is -2.52. The Morgan fingerprint density at radius 3 is 2.46 bits per heavy atom. The number of piperazine rings is 1. The molecule has 1 fully saturated rings. The molecule has 4 rings (SSSR count). The molecule has 39 heavy (non-hydrogen) atoms. The van der Waals surface area contributed by atoms with Crippen LogP contribution in [0.3, 0.4) is 0 Å². The van der Waals surface area contributed by atoms with Gasteiger partial charge < -0.3 is 24.6 Å². The number of hydrogen-bond acceptors (Lipinski definition) is 7. The van der Waals surface area contributed by atoms with E-state index in [1.165, 1.54) is 0 Å². The molecule has 3 amide bonds. The second-order valence-electron chi connectivity index (χ2n) is 9.53. The van der Waals surface area contributed by atoms with Crippen LogP contribution in [-0.2, 0) is 16.3 Å². The zero-order chi connectivity index (χ0) is 28.1. The maximum atomic E-state index is 13.1. The average Bonchev–Trinajstić information content (AvgIpc) is 3.55. The van der Waals surface area contributed by atoms with Gasteiger partial charge in [0.05, 0.1) is 18.0 Å². The highest BCUT2D eigenvalue weighted by Crippen LogP contribution is 2.21. The summed E-state index contributed by atoms with van der Waals surface area (Å²) in [4.78, 5) is 41.2. The number of nitrogens with one attached hydrogen (secondary N) is 1. The van der Waals surface area contributed by atoms with Gasteiger partial charge in [0.25, 0.3) is 5.91 Å². The molecule has 0 radical (unpaired) electrons. The molecule has 0 saturated carbocycles. The second kappa shape index (κ2) is 12.0. The van der Waals surface area contributed by atoms with E-state index in [4.69, 9.17) is 9.47 Å². The Labute approximate surface area is 227 Å². The van der Waals surface area contributed by atoms with E-state index in [0.717, 1.165) is 16.9 Å². The molecule has 1 atom stereocenters. The lowest BCUT2D eigenvalue weighted by atomic mass is 10.1. The highest BCUT2D eigenvalue weighted by Gasteiger charge is 2.29. The van der Waals surface area contributed by atoms with E-state index < -0.39 is 11.9 Å². The summed E-state index contributed by atoms with van der Waals surface area (Å²) in [5.41, 5.74) is 3.42. The minimum Gasteiger partial charge on any atom is -0.471 e. The quantitative estimate of drug-likeness (QED) is 0.468. The van der Waals surface area contributed by atoms with Gasteiger partial charge in [-0.25, -0.2) is 9.48 Å². The summed E-state index contributed by atoms with van der Waals surface area (Å²) in [6.07, 6.45) is 2.96. The number of rotatable bonds is 8. The molecule has 3 aromatic rings. The number of carbonyl (C=O) groups is 3. The number of hydrogen-bond donors (Lipinski definition) is 1. The molecule has 1 unspecified atom stereocenters. The lowest BCUT2D eigenvalue weighted by molar-refractivity contribution is -0.136. The van der Waals surface area contributed by atoms with Crippen LogP contribution in [-0.4, -0.2) is 80.1 Å². The van der Waals surface area contributed by atoms with Gasteiger partial charge in [-0.15, -0.1) is 0 Å². The minimum absolute atomic E-state index is 0.110. The number of carbonyl (C=O) groups excluding carboxylic acids is 3. The Hall–Kier alpha value is -4.35. The molecular formula is C27H35N7O5. The van der Waals surface area contributed by atoms with Gasteiger partial charge in [-0.05, 0) is 57.9 Å². The highest BCUT2D eigenvalue weighted by atomic mass is 16.6. The van der Waals surface area contributed by atoms with Gasteiger partial charge in [0.15, 0.2) is 12.4 Å². The monoisotopic (exact) mass is 537 g/mol. The van der Waals surface area contributed by atoms with Crippen molar-refractivity contribution in [1.29, 1.82) is 0 Å². The normalized spacial score (nSPS) is 14.2. The fourth-order valence-electron chi connectivity index (χ4n) is 4.24. The van der Waals surface area contributed by atoms with E-state index in [2.05, 4.69) is 15.5 Å². The van der Waals surface area contributed by atoms with Gasteiger partial charge >= 0.3 is 6.09 Å². The molecule has 208 valence electrons. The van der Waals surface area contributed by atoms with Crippen LogP contribution in [0.5, 0.6) is 5.75 Å². The third-order valence-corrected chi connectivity index (χ3v) is 6.61. The molecule has 0 aliphatic carbocycles. The molecule has 1 aromatic carbocycles. The topological polar surface area (TPSA) is 124 Å². The summed E-state index contributed by atoms with van der Waals surface area (Å²) in [7, 11) is 0. The van der Waals surface area contributed by atoms with E-state index in [9.17, 15) is 14.4 Å². The molecule has 1 N–H and O–H groups in total. The average molecular weight is 538 g/mol. The van der Waals surface area contributed by atoms with Crippen LogP contribution < -0.4 is 10.1 Å². The molecule has 1 aliphatic heterocycles. The molecule has 1 saturated heterocycles. The Morgan fingerprint density at radius 2 is 1.74 bits per heavy atom. The van der Waals surface area contributed by atoms with E-state index >= 15 is 0 Å². The largest absolute Gasteiger partial charge is 0.471 e. The summed E-state index contributed by atoms with van der Waals surface area (Å²) >= 11 is 0. The minimum atomic E-state index is -0.579. The first-order chi connectivity index (χ1) is 18.7. The number of anilines is 1. The van der Waals surface area contributed by atoms with E-state index in [1.807, 2.05) is 32.0 Å². The van der Waals surface area contributed by atoms with Gasteiger partial charge in [-0.2, -0.15) is 10.2 Å². The van der Waals surface area contributed by atoms with Crippen LogP contribution in [0.25, 0.3) is 0 Å². The fraction of sp³-hybridized carbons (Fsp3) is 0.444. The van der Waals surface area contributed by atoms with Crippen molar-refractivity contribution in [2.24, 2.45) is 0 Å². The van der Waals surface area contributed by atoms with Crippen LogP contribution >= 0.6 is 0 Å². The van der Waals surface area contributed by atoms with Crippen LogP contribution in [0.15, 0.2) is 36.7 Å². The van der Waals surface area contributed by atoms with E-state index in [1.54, 1.807) is 58.4 Å². The number of benzene rings is 1. The predicted molar refractivity (Wildman–Crippen MR) is 144 cm³/mol. The first-order valence-corrected chi connectivity index (χ1v) is 13.0. The molecule has 2 aromatic heterocycles. The summed E-state index contributed by atoms with van der Waals surface area (Å²) in [6, 6.07) is 7.01. The number of aryl methyl sites for hydroxylation is 3. The van der Waals surface area contributed by atoms with E-state index in [0.29, 0.717) is 44.2 Å². The molecule has 12 heteroatoms. The summed E-state index contributed by atoms with van der Waals surface area (Å²) in [5, 5.41) is 11.6. The number of ether oxygens (including phenoxy) is 2. The first kappa shape index (κ1) is 27.7. The Balaban J connectivity index is 1.33. The van der Waals surface area contributed by atoms with Crippen molar-refractivity contribution in [3.05, 3.63) is 59.2 Å². The number of aromatic nitrogens is 4. The van der Waals surface area contributed by atoms with Crippen molar-refractivity contribution < 1.29 is 23.9 Å². The Bertz CT molecular complexity index is 1340. The Morgan fingerprint density at radius 1 is 1.03 bits per heavy atom. The van der Waals surface area contributed by atoms with Gasteiger partial charge in [-0.3, -0.25) is 14.3 Å². The van der Waals surface area contributed by atoms with Crippen molar-refractivity contribution >= 4 is 23.6 Å². The lowest BCUT2D eigenvalue weighted by Gasteiger charge is -2.35. The van der Waals surface area contributed by atoms with Crippen LogP contribution in [0.1, 0.15) is 47.2 Å². The number of amides is 3. The van der Waals surface area contributed by atoms with Crippen LogP contribution in [0.2, 0.25) is 0 Å². The van der Waals surface area contributed by atoms with Gasteiger partial charge in [0.1, 0.15) is 11.8 Å². The zero-order valence-electron chi connectivity index (χ0n) is 23.0. The van der Waals surface area contributed by atoms with E-state index in [-0.39, 0.29) is 24.4 Å². The molecule has 0 spiro atoms. The molecular weight excluding hydrogens is 502 g/mol. The van der Waals surface area contributed by atoms with Gasteiger partial charge in [0.2, 0.25) is 5.91 Å².